The highest BCUT2D eigenvalue weighted by Crippen LogP contribution is 2.42. The van der Waals surface area contributed by atoms with Crippen molar-refractivity contribution < 1.29 is 14.3 Å². The van der Waals surface area contributed by atoms with Gasteiger partial charge < -0.3 is 14.8 Å². The number of carbonyl (C=O) groups excluding carboxylic acids is 1. The summed E-state index contributed by atoms with van der Waals surface area (Å²) in [6.45, 7) is 11.2. The Morgan fingerprint density at radius 1 is 1.41 bits per heavy atom. The molecule has 0 spiro atoms. The summed E-state index contributed by atoms with van der Waals surface area (Å²) in [5.74, 6) is -0.178. The minimum Gasteiger partial charge on any atom is -0.465 e. The summed E-state index contributed by atoms with van der Waals surface area (Å²) in [4.78, 5) is 11.5. The number of hydrogen-bond acceptors (Lipinski definition) is 4. The van der Waals surface area contributed by atoms with Crippen molar-refractivity contribution in [2.75, 3.05) is 13.2 Å². The minimum atomic E-state index is -0.248. The number of ether oxygens (including phenoxy) is 2. The molecule has 1 aliphatic rings. The highest BCUT2D eigenvalue weighted by molar-refractivity contribution is 5.75. The van der Waals surface area contributed by atoms with Crippen LogP contribution in [-0.4, -0.2) is 37.4 Å². The van der Waals surface area contributed by atoms with E-state index in [1.807, 2.05) is 20.8 Å². The fourth-order valence-corrected chi connectivity index (χ4v) is 2.29. The topological polar surface area (TPSA) is 47.6 Å². The lowest BCUT2D eigenvalue weighted by atomic mass is 9.64. The summed E-state index contributed by atoms with van der Waals surface area (Å²) in [6, 6.07) is 0.0697. The van der Waals surface area contributed by atoms with Crippen molar-refractivity contribution in [1.82, 2.24) is 5.32 Å². The first-order chi connectivity index (χ1) is 7.93. The molecule has 1 fully saturated rings. The molecule has 0 aromatic carbocycles. The standard InChI is InChI=1S/C13H25NO3/c1-6-16-11-8-10(13(11,4)5)14-9(3)12(15)17-7-2/h9-11,14H,6-8H2,1-5H3. The van der Waals surface area contributed by atoms with Gasteiger partial charge in [-0.1, -0.05) is 13.8 Å². The van der Waals surface area contributed by atoms with Gasteiger partial charge in [0.05, 0.1) is 12.7 Å². The Bertz CT molecular complexity index is 265. The fraction of sp³-hybridized carbons (Fsp3) is 0.923. The van der Waals surface area contributed by atoms with E-state index in [2.05, 4.69) is 19.2 Å². The van der Waals surface area contributed by atoms with Gasteiger partial charge in [-0.15, -0.1) is 0 Å². The lowest BCUT2D eigenvalue weighted by Gasteiger charge is -2.52. The molecule has 0 amide bonds. The van der Waals surface area contributed by atoms with Gasteiger partial charge in [-0.05, 0) is 27.2 Å². The van der Waals surface area contributed by atoms with Gasteiger partial charge >= 0.3 is 5.97 Å². The maximum Gasteiger partial charge on any atom is 0.322 e. The van der Waals surface area contributed by atoms with Crippen molar-refractivity contribution in [1.29, 1.82) is 0 Å². The number of hydrogen-bond donors (Lipinski definition) is 1. The predicted octanol–water partition coefficient (Wildman–Crippen LogP) is 1.73. The Morgan fingerprint density at radius 2 is 2.06 bits per heavy atom. The molecular weight excluding hydrogens is 218 g/mol. The Hall–Kier alpha value is -0.610. The monoisotopic (exact) mass is 243 g/mol. The van der Waals surface area contributed by atoms with Crippen molar-refractivity contribution in [3.63, 3.8) is 0 Å². The van der Waals surface area contributed by atoms with Crippen LogP contribution in [0.15, 0.2) is 0 Å². The van der Waals surface area contributed by atoms with Gasteiger partial charge in [0.25, 0.3) is 0 Å². The molecule has 3 unspecified atom stereocenters. The van der Waals surface area contributed by atoms with Gasteiger partial charge in [0, 0.05) is 18.1 Å². The first-order valence-corrected chi connectivity index (χ1v) is 6.47. The van der Waals surface area contributed by atoms with E-state index in [-0.39, 0.29) is 17.4 Å². The van der Waals surface area contributed by atoms with E-state index >= 15 is 0 Å². The van der Waals surface area contributed by atoms with Crippen molar-refractivity contribution in [3.8, 4) is 0 Å². The first-order valence-electron chi connectivity index (χ1n) is 6.47. The summed E-state index contributed by atoms with van der Waals surface area (Å²) < 4.78 is 10.6. The molecule has 0 heterocycles. The highest BCUT2D eigenvalue weighted by Gasteiger charge is 2.49. The Labute approximate surface area is 104 Å². The molecule has 0 aromatic heterocycles. The van der Waals surface area contributed by atoms with E-state index in [1.165, 1.54) is 0 Å². The van der Waals surface area contributed by atoms with Gasteiger partial charge in [0.2, 0.25) is 0 Å². The third kappa shape index (κ3) is 3.19. The van der Waals surface area contributed by atoms with Crippen LogP contribution in [0, 0.1) is 5.41 Å². The van der Waals surface area contributed by atoms with E-state index < -0.39 is 0 Å². The molecule has 4 heteroatoms. The summed E-state index contributed by atoms with van der Waals surface area (Å²) in [5.41, 5.74) is 0.0801. The van der Waals surface area contributed by atoms with E-state index in [0.717, 1.165) is 13.0 Å². The molecule has 0 radical (unpaired) electrons. The van der Waals surface area contributed by atoms with Crippen LogP contribution in [0.4, 0.5) is 0 Å². The van der Waals surface area contributed by atoms with Crippen molar-refractivity contribution in [2.24, 2.45) is 5.41 Å². The van der Waals surface area contributed by atoms with Gasteiger partial charge in [-0.25, -0.2) is 0 Å². The Morgan fingerprint density at radius 3 is 2.53 bits per heavy atom. The smallest absolute Gasteiger partial charge is 0.322 e. The molecule has 0 aliphatic heterocycles. The molecule has 1 N–H and O–H groups in total. The van der Waals surface area contributed by atoms with Crippen LogP contribution in [0.3, 0.4) is 0 Å². The van der Waals surface area contributed by atoms with Gasteiger partial charge in [-0.3, -0.25) is 4.79 Å². The predicted molar refractivity (Wildman–Crippen MR) is 66.8 cm³/mol. The zero-order valence-corrected chi connectivity index (χ0v) is 11.6. The summed E-state index contributed by atoms with van der Waals surface area (Å²) in [6.07, 6.45) is 1.25. The maximum absolute atomic E-state index is 11.5. The molecule has 1 aliphatic carbocycles. The van der Waals surface area contributed by atoms with E-state index in [9.17, 15) is 4.79 Å². The number of nitrogens with one attached hydrogen (secondary N) is 1. The van der Waals surface area contributed by atoms with Crippen molar-refractivity contribution in [2.45, 2.75) is 59.2 Å². The van der Waals surface area contributed by atoms with Crippen LogP contribution in [0.5, 0.6) is 0 Å². The van der Waals surface area contributed by atoms with Gasteiger partial charge in [-0.2, -0.15) is 0 Å². The van der Waals surface area contributed by atoms with Crippen LogP contribution < -0.4 is 5.32 Å². The second-order valence-electron chi connectivity index (χ2n) is 5.19. The molecular formula is C13H25NO3. The molecule has 4 nitrogen and oxygen atoms in total. The van der Waals surface area contributed by atoms with Gasteiger partial charge in [0.15, 0.2) is 0 Å². The molecule has 0 bridgehead atoms. The van der Waals surface area contributed by atoms with E-state index in [1.54, 1.807) is 0 Å². The number of carbonyl (C=O) groups is 1. The third-order valence-corrected chi connectivity index (χ3v) is 3.64. The molecule has 1 saturated carbocycles. The highest BCUT2D eigenvalue weighted by atomic mass is 16.5. The first kappa shape index (κ1) is 14.5. The largest absolute Gasteiger partial charge is 0.465 e. The third-order valence-electron chi connectivity index (χ3n) is 3.64. The SMILES string of the molecule is CCOC(=O)C(C)NC1CC(OCC)C1(C)C. The zero-order valence-electron chi connectivity index (χ0n) is 11.6. The average Bonchev–Trinajstić information content (AvgIpc) is 2.27. The lowest BCUT2D eigenvalue weighted by Crippen LogP contribution is -2.63. The van der Waals surface area contributed by atoms with Crippen LogP contribution >= 0.6 is 0 Å². The van der Waals surface area contributed by atoms with E-state index in [4.69, 9.17) is 9.47 Å². The summed E-state index contributed by atoms with van der Waals surface area (Å²) >= 11 is 0. The van der Waals surface area contributed by atoms with Crippen molar-refractivity contribution >= 4 is 5.97 Å². The van der Waals surface area contributed by atoms with Crippen LogP contribution in [-0.2, 0) is 14.3 Å². The molecule has 100 valence electrons. The maximum atomic E-state index is 11.5. The molecule has 0 saturated heterocycles. The average molecular weight is 243 g/mol. The molecule has 3 atom stereocenters. The molecule has 17 heavy (non-hydrogen) atoms. The van der Waals surface area contributed by atoms with Crippen LogP contribution in [0.1, 0.15) is 41.0 Å². The number of esters is 1. The Kier molecular flexibility index (Phi) is 4.95. The Balaban J connectivity index is 2.42. The zero-order chi connectivity index (χ0) is 13.1. The molecule has 0 aromatic rings. The second kappa shape index (κ2) is 5.83. The second-order valence-corrected chi connectivity index (χ2v) is 5.19. The number of rotatable bonds is 6. The van der Waals surface area contributed by atoms with E-state index in [0.29, 0.717) is 18.8 Å². The fourth-order valence-electron chi connectivity index (χ4n) is 2.29. The van der Waals surface area contributed by atoms with Crippen LogP contribution in [0.25, 0.3) is 0 Å². The molecule has 1 rings (SSSR count). The lowest BCUT2D eigenvalue weighted by molar-refractivity contribution is -0.149. The quantitative estimate of drug-likeness (QED) is 0.722. The summed E-state index contributed by atoms with van der Waals surface area (Å²) in [5, 5.41) is 3.33. The van der Waals surface area contributed by atoms with Crippen LogP contribution in [0.2, 0.25) is 0 Å². The van der Waals surface area contributed by atoms with Crippen molar-refractivity contribution in [3.05, 3.63) is 0 Å². The minimum absolute atomic E-state index is 0.0801. The summed E-state index contributed by atoms with van der Waals surface area (Å²) in [7, 11) is 0. The van der Waals surface area contributed by atoms with Gasteiger partial charge in [0.1, 0.15) is 6.04 Å². The normalized spacial score (nSPS) is 28.3.